The van der Waals surface area contributed by atoms with Gasteiger partial charge in [0.1, 0.15) is 6.10 Å². The van der Waals surface area contributed by atoms with E-state index in [0.29, 0.717) is 18.8 Å². The van der Waals surface area contributed by atoms with Crippen molar-refractivity contribution in [1.82, 2.24) is 9.55 Å². The van der Waals surface area contributed by atoms with Crippen molar-refractivity contribution in [2.24, 2.45) is 5.92 Å². The molecule has 1 aliphatic rings. The molecular weight excluding hydrogens is 597 g/mol. The Bertz CT molecular complexity index is 1660. The van der Waals surface area contributed by atoms with E-state index >= 15 is 0 Å². The first-order valence-electron chi connectivity index (χ1n) is 15.7. The topological polar surface area (TPSA) is 91.8 Å². The molecule has 8 nitrogen and oxygen atoms in total. The molecule has 2 heterocycles. The number of hydrogen-bond acceptors (Lipinski definition) is 6. The third-order valence-electron chi connectivity index (χ3n) is 8.61. The number of nitrogens with one attached hydrogen (secondary N) is 1. The zero-order valence-electron chi connectivity index (χ0n) is 27.2. The van der Waals surface area contributed by atoms with E-state index < -0.39 is 38.0 Å². The Morgan fingerprint density at radius 3 is 2.04 bits per heavy atom. The first kappa shape index (κ1) is 33.5. The second-order valence-corrected chi connectivity index (χ2v) is 17.0. The number of H-pyrrole nitrogens is 1. The van der Waals surface area contributed by atoms with Crippen LogP contribution in [0.5, 0.6) is 0 Å². The molecule has 4 aromatic rings. The smallest absolute Gasteiger partial charge is 0.330 e. The van der Waals surface area contributed by atoms with Crippen LogP contribution in [0.1, 0.15) is 38.1 Å². The number of aromatic amines is 1. The lowest BCUT2D eigenvalue weighted by Gasteiger charge is -2.43. The molecular formula is C37H44N2O6Si. The first-order chi connectivity index (χ1) is 22.2. The summed E-state index contributed by atoms with van der Waals surface area (Å²) in [6.07, 6.45) is 3.85. The molecule has 1 aromatic heterocycles. The Balaban J connectivity index is 1.60. The molecule has 1 fully saturated rings. The Labute approximate surface area is 271 Å². The summed E-state index contributed by atoms with van der Waals surface area (Å²) in [5.74, 6) is -0.292. The lowest BCUT2D eigenvalue weighted by Crippen LogP contribution is -2.67. The number of hydrogen-bond donors (Lipinski definition) is 1. The molecule has 4 atom stereocenters. The number of nitrogens with zero attached hydrogens (tertiary/aromatic N) is 1. The van der Waals surface area contributed by atoms with E-state index in [1.807, 2.05) is 42.5 Å². The summed E-state index contributed by atoms with van der Waals surface area (Å²) in [5.41, 5.74) is 0.455. The van der Waals surface area contributed by atoms with Crippen LogP contribution < -0.4 is 21.6 Å². The fraction of sp³-hybridized carbons (Fsp3) is 0.351. The molecule has 3 aromatic carbocycles. The number of methoxy groups -OCH3 is 1. The number of benzene rings is 3. The molecule has 0 amide bonds. The number of aromatic nitrogens is 2. The summed E-state index contributed by atoms with van der Waals surface area (Å²) in [4.78, 5) is 27.9. The predicted molar refractivity (Wildman–Crippen MR) is 184 cm³/mol. The van der Waals surface area contributed by atoms with Gasteiger partial charge in [-0.05, 0) is 27.9 Å². The molecule has 46 heavy (non-hydrogen) atoms. The fourth-order valence-electron chi connectivity index (χ4n) is 6.35. The summed E-state index contributed by atoms with van der Waals surface area (Å²) in [5, 5.41) is 2.10. The van der Waals surface area contributed by atoms with Crippen molar-refractivity contribution in [3.8, 4) is 0 Å². The van der Waals surface area contributed by atoms with Gasteiger partial charge in [0.2, 0.25) is 0 Å². The number of ether oxygens (including phenoxy) is 3. The fourth-order valence-corrected chi connectivity index (χ4v) is 10.9. The van der Waals surface area contributed by atoms with E-state index in [4.69, 9.17) is 18.6 Å². The van der Waals surface area contributed by atoms with Crippen molar-refractivity contribution in [2.75, 3.05) is 26.9 Å². The van der Waals surface area contributed by atoms with Gasteiger partial charge in [0.15, 0.2) is 6.23 Å². The first-order valence-corrected chi connectivity index (χ1v) is 17.6. The second kappa shape index (κ2) is 14.7. The predicted octanol–water partition coefficient (Wildman–Crippen LogP) is 4.68. The minimum atomic E-state index is -2.90. The molecule has 0 aliphatic carbocycles. The summed E-state index contributed by atoms with van der Waals surface area (Å²) in [6.45, 7) is 9.32. The Morgan fingerprint density at radius 2 is 1.48 bits per heavy atom. The summed E-state index contributed by atoms with van der Waals surface area (Å²) in [7, 11) is -1.28. The van der Waals surface area contributed by atoms with Crippen LogP contribution in [0, 0.1) is 12.8 Å². The zero-order chi connectivity index (χ0) is 32.7. The maximum Gasteiger partial charge on any atom is 0.330 e. The molecule has 0 saturated carbocycles. The van der Waals surface area contributed by atoms with E-state index in [0.717, 1.165) is 5.56 Å². The standard InChI is InChI=1S/C37H44N2O6Si/c1-27-25-39(36(41)38-34(27)40)35-33(43-24-23-42-5)31(22-21-28-15-9-6-10-16-28)32(45-35)26-44-46(37(2,3)4,29-17-11-7-12-18-29)30-19-13-8-14-20-30/h6-22,25,31-33,35H,23-24,26H2,1-5H3,(H,38,40,41)/t31?,32-,33?,35-/m0/s1. The van der Waals surface area contributed by atoms with Crippen LogP contribution in [0.2, 0.25) is 5.04 Å². The third kappa shape index (κ3) is 7.09. The average Bonchev–Trinajstić information content (AvgIpc) is 3.39. The van der Waals surface area contributed by atoms with Crippen molar-refractivity contribution in [1.29, 1.82) is 0 Å². The van der Waals surface area contributed by atoms with Crippen molar-refractivity contribution < 1.29 is 18.6 Å². The largest absolute Gasteiger partial charge is 0.405 e. The van der Waals surface area contributed by atoms with Gasteiger partial charge in [0.25, 0.3) is 13.9 Å². The van der Waals surface area contributed by atoms with Gasteiger partial charge in [-0.2, -0.15) is 0 Å². The maximum atomic E-state index is 13.2. The molecule has 0 radical (unpaired) electrons. The molecule has 2 unspecified atom stereocenters. The van der Waals surface area contributed by atoms with Gasteiger partial charge in [0.05, 0.1) is 25.9 Å². The van der Waals surface area contributed by atoms with Crippen LogP contribution in [0.15, 0.2) is 113 Å². The number of rotatable bonds is 12. The molecule has 1 aliphatic heterocycles. The van der Waals surface area contributed by atoms with Gasteiger partial charge in [-0.1, -0.05) is 124 Å². The highest BCUT2D eigenvalue weighted by atomic mass is 28.4. The molecule has 1 N–H and O–H groups in total. The van der Waals surface area contributed by atoms with E-state index in [-0.39, 0.29) is 17.6 Å². The molecule has 5 rings (SSSR count). The molecule has 1 saturated heterocycles. The van der Waals surface area contributed by atoms with Crippen LogP contribution in [-0.4, -0.2) is 57.0 Å². The van der Waals surface area contributed by atoms with Gasteiger partial charge < -0.3 is 18.6 Å². The zero-order valence-corrected chi connectivity index (χ0v) is 28.2. The highest BCUT2D eigenvalue weighted by Crippen LogP contribution is 2.40. The molecule has 242 valence electrons. The SMILES string of the molecule is COCCOC1C(C=Cc2ccccc2)[C@H](CO[Si](c2ccccc2)(c2ccccc2)C(C)(C)C)O[C@@H]1n1cc(C)c(=O)[nH]c1=O. The van der Waals surface area contributed by atoms with Crippen LogP contribution in [0.25, 0.3) is 6.08 Å². The molecule has 0 bridgehead atoms. The normalized spacial score (nSPS) is 20.4. The third-order valence-corrected chi connectivity index (χ3v) is 13.6. The van der Waals surface area contributed by atoms with E-state index in [9.17, 15) is 9.59 Å². The van der Waals surface area contributed by atoms with E-state index in [1.165, 1.54) is 14.9 Å². The Kier molecular flexibility index (Phi) is 10.7. The lowest BCUT2D eigenvalue weighted by molar-refractivity contribution is -0.0783. The van der Waals surface area contributed by atoms with Gasteiger partial charge in [-0.3, -0.25) is 14.3 Å². The van der Waals surface area contributed by atoms with Crippen molar-refractivity contribution in [2.45, 2.75) is 51.2 Å². The van der Waals surface area contributed by atoms with Crippen molar-refractivity contribution in [3.63, 3.8) is 0 Å². The van der Waals surface area contributed by atoms with Crippen LogP contribution in [0.3, 0.4) is 0 Å². The minimum Gasteiger partial charge on any atom is -0.405 e. The van der Waals surface area contributed by atoms with Crippen molar-refractivity contribution >= 4 is 24.8 Å². The molecule has 9 heteroatoms. The van der Waals surface area contributed by atoms with Crippen molar-refractivity contribution in [3.05, 3.63) is 135 Å². The minimum absolute atomic E-state index is 0.232. The lowest BCUT2D eigenvalue weighted by atomic mass is 9.96. The summed E-state index contributed by atoms with van der Waals surface area (Å²) < 4.78 is 27.3. The molecule has 0 spiro atoms. The van der Waals surface area contributed by atoms with E-state index in [1.54, 1.807) is 20.2 Å². The van der Waals surface area contributed by atoms with Crippen LogP contribution in [-0.2, 0) is 18.6 Å². The quantitative estimate of drug-likeness (QED) is 0.179. The maximum absolute atomic E-state index is 13.2. The Morgan fingerprint density at radius 1 is 0.891 bits per heavy atom. The number of aryl methyl sites for hydroxylation is 1. The second-order valence-electron chi connectivity index (χ2n) is 12.7. The monoisotopic (exact) mass is 640 g/mol. The van der Waals surface area contributed by atoms with Gasteiger partial charge in [-0.25, -0.2) is 4.79 Å². The Hall–Kier alpha value is -3.86. The van der Waals surface area contributed by atoms with Gasteiger partial charge in [0, 0.05) is 24.8 Å². The summed E-state index contributed by atoms with van der Waals surface area (Å²) >= 11 is 0. The highest BCUT2D eigenvalue weighted by molar-refractivity contribution is 6.99. The van der Waals surface area contributed by atoms with Gasteiger partial charge in [-0.15, -0.1) is 0 Å². The average molecular weight is 641 g/mol. The summed E-state index contributed by atoms with van der Waals surface area (Å²) in [6, 6.07) is 31.0. The van der Waals surface area contributed by atoms with Gasteiger partial charge >= 0.3 is 5.69 Å². The van der Waals surface area contributed by atoms with E-state index in [2.05, 4.69) is 86.4 Å². The van der Waals surface area contributed by atoms with Crippen LogP contribution in [0.4, 0.5) is 0 Å². The highest BCUT2D eigenvalue weighted by Gasteiger charge is 2.52. The van der Waals surface area contributed by atoms with Crippen LogP contribution >= 0.6 is 0 Å².